The molecule has 1 amide bonds. The van der Waals surface area contributed by atoms with Gasteiger partial charge in [-0.15, -0.1) is 0 Å². The maximum Gasteiger partial charge on any atom is 0.323 e. The van der Waals surface area contributed by atoms with Crippen LogP contribution in [0.4, 0.5) is 5.69 Å². The molecule has 0 saturated heterocycles. The first-order valence-corrected chi connectivity index (χ1v) is 6.60. The number of carboxylic acid groups (broad SMARTS) is 1. The molecule has 4 heteroatoms. The second-order valence-corrected chi connectivity index (χ2v) is 4.88. The molecule has 1 unspecified atom stereocenters. The molecule has 1 atom stereocenters. The van der Waals surface area contributed by atoms with Crippen LogP contribution in [0, 0.1) is 6.92 Å². The van der Waals surface area contributed by atoms with Crippen LogP contribution in [-0.2, 0) is 9.59 Å². The average molecular weight is 275 g/mol. The maximum absolute atomic E-state index is 11.7. The van der Waals surface area contributed by atoms with Crippen molar-refractivity contribution < 1.29 is 14.7 Å². The molecular weight excluding hydrogens is 254 g/mol. The van der Waals surface area contributed by atoms with Gasteiger partial charge in [-0.1, -0.05) is 36.8 Å². The van der Waals surface area contributed by atoms with E-state index in [0.717, 1.165) is 11.1 Å². The van der Waals surface area contributed by atoms with E-state index < -0.39 is 5.97 Å². The van der Waals surface area contributed by atoms with Crippen molar-refractivity contribution in [3.63, 3.8) is 0 Å². The van der Waals surface area contributed by atoms with E-state index in [-0.39, 0.29) is 18.4 Å². The number of benzene rings is 1. The molecule has 108 valence electrons. The van der Waals surface area contributed by atoms with Gasteiger partial charge in [0.2, 0.25) is 5.91 Å². The van der Waals surface area contributed by atoms with Crippen LogP contribution in [0.2, 0.25) is 0 Å². The van der Waals surface area contributed by atoms with Crippen molar-refractivity contribution in [2.24, 2.45) is 0 Å². The molecule has 0 heterocycles. The number of rotatable bonds is 5. The molecule has 1 aromatic carbocycles. The van der Waals surface area contributed by atoms with Gasteiger partial charge in [-0.2, -0.15) is 0 Å². The minimum atomic E-state index is -1.02. The summed E-state index contributed by atoms with van der Waals surface area (Å²) >= 11 is 0. The van der Waals surface area contributed by atoms with Gasteiger partial charge in [0.1, 0.15) is 6.54 Å². The van der Waals surface area contributed by atoms with Gasteiger partial charge in [0, 0.05) is 18.5 Å². The molecule has 0 aliphatic heterocycles. The fraction of sp³-hybridized carbons (Fsp3) is 0.375. The van der Waals surface area contributed by atoms with Gasteiger partial charge in [0.25, 0.3) is 0 Å². The summed E-state index contributed by atoms with van der Waals surface area (Å²) in [5.74, 6) is -1.18. The van der Waals surface area contributed by atoms with Crippen LogP contribution in [0.5, 0.6) is 0 Å². The highest BCUT2D eigenvalue weighted by Gasteiger charge is 2.20. The van der Waals surface area contributed by atoms with Gasteiger partial charge >= 0.3 is 5.97 Å². The van der Waals surface area contributed by atoms with Gasteiger partial charge in [-0.05, 0) is 25.5 Å². The number of aliphatic carboxylic acids is 1. The van der Waals surface area contributed by atoms with Crippen molar-refractivity contribution in [2.45, 2.75) is 33.6 Å². The van der Waals surface area contributed by atoms with E-state index in [4.69, 9.17) is 5.11 Å². The van der Waals surface area contributed by atoms with E-state index in [9.17, 15) is 9.59 Å². The number of carbonyl (C=O) groups excluding carboxylic acids is 1. The van der Waals surface area contributed by atoms with E-state index in [1.165, 1.54) is 11.8 Å². The van der Waals surface area contributed by atoms with E-state index in [0.29, 0.717) is 5.69 Å². The van der Waals surface area contributed by atoms with Crippen molar-refractivity contribution in [1.82, 2.24) is 0 Å². The second kappa shape index (κ2) is 6.89. The van der Waals surface area contributed by atoms with E-state index >= 15 is 0 Å². The van der Waals surface area contributed by atoms with Crippen LogP contribution in [0.25, 0.3) is 0 Å². The molecule has 0 aliphatic rings. The number of carboxylic acids is 1. The standard InChI is InChI=1S/C16H21NO3/c1-5-6-12(3)14-9-11(2)7-8-15(14)17(13(4)18)10-16(19)20/h5-9,12H,10H2,1-4H3,(H,19,20)/b6-5+. The molecule has 0 aromatic heterocycles. The zero-order valence-corrected chi connectivity index (χ0v) is 12.4. The van der Waals surface area contributed by atoms with Gasteiger partial charge in [-0.25, -0.2) is 0 Å². The Hall–Kier alpha value is -2.10. The lowest BCUT2D eigenvalue weighted by Crippen LogP contribution is -2.34. The maximum atomic E-state index is 11.7. The Kier molecular flexibility index (Phi) is 5.50. The van der Waals surface area contributed by atoms with Crippen LogP contribution in [-0.4, -0.2) is 23.5 Å². The van der Waals surface area contributed by atoms with Crippen LogP contribution in [0.15, 0.2) is 30.4 Å². The van der Waals surface area contributed by atoms with Gasteiger partial charge in [0.15, 0.2) is 0 Å². The second-order valence-electron chi connectivity index (χ2n) is 4.88. The van der Waals surface area contributed by atoms with Crippen LogP contribution in [0.3, 0.4) is 0 Å². The van der Waals surface area contributed by atoms with Gasteiger partial charge < -0.3 is 10.0 Å². The Balaban J connectivity index is 3.33. The Bertz CT molecular complexity index is 535. The number of nitrogens with zero attached hydrogens (tertiary/aromatic N) is 1. The molecule has 20 heavy (non-hydrogen) atoms. The number of anilines is 1. The van der Waals surface area contributed by atoms with Gasteiger partial charge in [-0.3, -0.25) is 9.59 Å². The smallest absolute Gasteiger partial charge is 0.323 e. The third-order valence-electron chi connectivity index (χ3n) is 3.12. The quantitative estimate of drug-likeness (QED) is 0.840. The summed E-state index contributed by atoms with van der Waals surface area (Å²) in [4.78, 5) is 24.0. The highest BCUT2D eigenvalue weighted by molar-refractivity contribution is 5.96. The zero-order chi connectivity index (χ0) is 15.3. The normalized spacial score (nSPS) is 12.4. The third-order valence-corrected chi connectivity index (χ3v) is 3.12. The Morgan fingerprint density at radius 2 is 2.05 bits per heavy atom. The molecule has 1 aromatic rings. The topological polar surface area (TPSA) is 57.6 Å². The number of hydrogen-bond donors (Lipinski definition) is 1. The number of amides is 1. The Morgan fingerprint density at radius 1 is 1.40 bits per heavy atom. The lowest BCUT2D eigenvalue weighted by atomic mass is 9.96. The van der Waals surface area contributed by atoms with Gasteiger partial charge in [0.05, 0.1) is 0 Å². The van der Waals surface area contributed by atoms with E-state index in [1.54, 1.807) is 0 Å². The summed E-state index contributed by atoms with van der Waals surface area (Å²) in [6.07, 6.45) is 3.98. The molecule has 4 nitrogen and oxygen atoms in total. The number of aryl methyl sites for hydroxylation is 1. The molecule has 0 bridgehead atoms. The predicted octanol–water partition coefficient (Wildman–Crippen LogP) is 3.11. The molecule has 0 aliphatic carbocycles. The minimum absolute atomic E-state index is 0.116. The van der Waals surface area contributed by atoms with Crippen LogP contribution in [0.1, 0.15) is 37.8 Å². The molecule has 0 spiro atoms. The zero-order valence-electron chi connectivity index (χ0n) is 12.4. The molecule has 1 rings (SSSR count). The number of allylic oxidation sites excluding steroid dienone is 2. The SMILES string of the molecule is C/C=C/C(C)c1cc(C)ccc1N(CC(=O)O)C(C)=O. The summed E-state index contributed by atoms with van der Waals surface area (Å²) in [6.45, 7) is 7.00. The summed E-state index contributed by atoms with van der Waals surface area (Å²) in [5, 5.41) is 8.97. The lowest BCUT2D eigenvalue weighted by Gasteiger charge is -2.24. The van der Waals surface area contributed by atoms with Crippen LogP contribution >= 0.6 is 0 Å². The minimum Gasteiger partial charge on any atom is -0.480 e. The van der Waals surface area contributed by atoms with Crippen molar-refractivity contribution in [3.8, 4) is 0 Å². The predicted molar refractivity (Wildman–Crippen MR) is 80.1 cm³/mol. The molecule has 1 N–H and O–H groups in total. The number of carbonyl (C=O) groups is 2. The van der Waals surface area contributed by atoms with Crippen molar-refractivity contribution in [1.29, 1.82) is 0 Å². The summed E-state index contributed by atoms with van der Waals surface area (Å²) in [5.41, 5.74) is 2.70. The van der Waals surface area contributed by atoms with E-state index in [2.05, 4.69) is 0 Å². The highest BCUT2D eigenvalue weighted by atomic mass is 16.4. The fourth-order valence-corrected chi connectivity index (χ4v) is 2.18. The van der Waals surface area contributed by atoms with Crippen molar-refractivity contribution in [2.75, 3.05) is 11.4 Å². The third kappa shape index (κ3) is 3.95. The lowest BCUT2D eigenvalue weighted by molar-refractivity contribution is -0.136. The molecule has 0 saturated carbocycles. The van der Waals surface area contributed by atoms with Crippen molar-refractivity contribution in [3.05, 3.63) is 41.5 Å². The Morgan fingerprint density at radius 3 is 2.55 bits per heavy atom. The van der Waals surface area contributed by atoms with Crippen LogP contribution < -0.4 is 4.90 Å². The first-order chi connectivity index (χ1) is 9.36. The largest absolute Gasteiger partial charge is 0.480 e. The molecule has 0 fully saturated rings. The summed E-state index contributed by atoms with van der Waals surface area (Å²) in [7, 11) is 0. The summed E-state index contributed by atoms with van der Waals surface area (Å²) < 4.78 is 0. The van der Waals surface area contributed by atoms with E-state index in [1.807, 2.05) is 51.1 Å². The highest BCUT2D eigenvalue weighted by Crippen LogP contribution is 2.30. The molecular formula is C16H21NO3. The monoisotopic (exact) mass is 275 g/mol. The first kappa shape index (κ1) is 16.0. The first-order valence-electron chi connectivity index (χ1n) is 6.60. The fourth-order valence-electron chi connectivity index (χ4n) is 2.18. The summed E-state index contributed by atoms with van der Waals surface area (Å²) in [6, 6.07) is 5.70. The van der Waals surface area contributed by atoms with Crippen molar-refractivity contribution >= 4 is 17.6 Å². The molecule has 0 radical (unpaired) electrons. The average Bonchev–Trinajstić information content (AvgIpc) is 2.36. The Labute approximate surface area is 119 Å². The number of hydrogen-bond acceptors (Lipinski definition) is 2.